The number of carboxylic acids is 1. The van der Waals surface area contributed by atoms with Crippen LogP contribution in [0.5, 0.6) is 0 Å². The molecule has 1 aromatic rings. The number of ketones is 1. The van der Waals surface area contributed by atoms with Crippen molar-refractivity contribution in [2.75, 3.05) is 0 Å². The van der Waals surface area contributed by atoms with Gasteiger partial charge < -0.3 is 5.11 Å². The molecule has 1 fully saturated rings. The number of benzene rings is 1. The van der Waals surface area contributed by atoms with Crippen LogP contribution in [0.2, 0.25) is 0 Å². The zero-order valence-electron chi connectivity index (χ0n) is 18.3. The molecule has 1 N–H and O–H groups in total. The molecule has 3 rings (SSSR count). The summed E-state index contributed by atoms with van der Waals surface area (Å²) in [5, 5.41) is 10.7. The van der Waals surface area contributed by atoms with Crippen molar-refractivity contribution in [2.45, 2.75) is 53.9 Å². The zero-order valence-corrected chi connectivity index (χ0v) is 18.3. The van der Waals surface area contributed by atoms with Gasteiger partial charge in [-0.25, -0.2) is 0 Å². The number of Topliss-reactive ketones (excluding diaryl/α,β-unsaturated/α-hetero) is 1. The molecule has 3 heteroatoms. The van der Waals surface area contributed by atoms with E-state index in [1.807, 2.05) is 51.1 Å². The molecule has 0 spiro atoms. The second-order valence-corrected chi connectivity index (χ2v) is 8.91. The third kappa shape index (κ3) is 3.01. The van der Waals surface area contributed by atoms with Gasteiger partial charge in [-0.1, -0.05) is 81.8 Å². The number of fused-ring (bicyclic) bond motifs is 1. The molecule has 0 saturated heterocycles. The van der Waals surface area contributed by atoms with E-state index < -0.39 is 16.8 Å². The molecule has 156 valence electrons. The number of rotatable bonds is 6. The lowest BCUT2D eigenvalue weighted by molar-refractivity contribution is -0.165. The topological polar surface area (TPSA) is 54.4 Å². The van der Waals surface area contributed by atoms with Gasteiger partial charge >= 0.3 is 5.97 Å². The second kappa shape index (κ2) is 7.93. The van der Waals surface area contributed by atoms with Gasteiger partial charge in [0.1, 0.15) is 5.78 Å². The minimum atomic E-state index is -0.988. The lowest BCUT2D eigenvalue weighted by Crippen LogP contribution is -2.56. The zero-order chi connectivity index (χ0) is 21.4. The molecule has 0 radical (unpaired) electrons. The first-order valence-corrected chi connectivity index (χ1v) is 11.0. The minimum absolute atomic E-state index is 0.0216. The van der Waals surface area contributed by atoms with Crippen molar-refractivity contribution in [3.8, 4) is 0 Å². The van der Waals surface area contributed by atoms with Crippen LogP contribution in [0.15, 0.2) is 48.1 Å². The van der Waals surface area contributed by atoms with Crippen LogP contribution < -0.4 is 0 Å². The number of aliphatic carboxylic acids is 1. The summed E-state index contributed by atoms with van der Waals surface area (Å²) < 4.78 is 0. The fourth-order valence-corrected chi connectivity index (χ4v) is 6.58. The van der Waals surface area contributed by atoms with E-state index in [2.05, 4.69) is 32.1 Å². The highest BCUT2D eigenvalue weighted by Gasteiger charge is 2.67. The molecule has 1 aromatic carbocycles. The number of carbonyl (C=O) groups excluding carboxylic acids is 1. The number of carbonyl (C=O) groups is 2. The first kappa shape index (κ1) is 21.5. The van der Waals surface area contributed by atoms with E-state index in [-0.39, 0.29) is 29.5 Å². The molecule has 0 unspecified atom stereocenters. The quantitative estimate of drug-likeness (QED) is 0.601. The van der Waals surface area contributed by atoms with Crippen LogP contribution in [0.3, 0.4) is 0 Å². The molecule has 29 heavy (non-hydrogen) atoms. The Balaban J connectivity index is 2.27. The third-order valence-corrected chi connectivity index (χ3v) is 7.92. The van der Waals surface area contributed by atoms with Gasteiger partial charge in [0, 0.05) is 17.3 Å². The number of carboxylic acid groups (broad SMARTS) is 1. The maximum absolute atomic E-state index is 13.1. The molecule has 3 nitrogen and oxygen atoms in total. The normalized spacial score (nSPS) is 36.9. The molecule has 2 aliphatic carbocycles. The average molecular weight is 395 g/mol. The smallest absolute Gasteiger partial charge is 0.311 e. The predicted molar refractivity (Wildman–Crippen MR) is 117 cm³/mol. The van der Waals surface area contributed by atoms with Crippen LogP contribution >= 0.6 is 0 Å². The maximum Gasteiger partial charge on any atom is 0.311 e. The Morgan fingerprint density at radius 1 is 1.14 bits per heavy atom. The molecule has 0 amide bonds. The van der Waals surface area contributed by atoms with Crippen LogP contribution in [-0.2, 0) is 9.59 Å². The van der Waals surface area contributed by atoms with Gasteiger partial charge in [-0.05, 0) is 43.6 Å². The number of hydrogen-bond donors (Lipinski definition) is 1. The Kier molecular flexibility index (Phi) is 5.89. The summed E-state index contributed by atoms with van der Waals surface area (Å²) in [6.07, 6.45) is 8.26. The van der Waals surface area contributed by atoms with E-state index in [1.54, 1.807) is 0 Å². The molecule has 1 saturated carbocycles. The molecule has 0 aromatic heterocycles. The van der Waals surface area contributed by atoms with Gasteiger partial charge in [0.15, 0.2) is 0 Å². The van der Waals surface area contributed by atoms with Crippen molar-refractivity contribution in [2.24, 2.45) is 34.5 Å². The van der Waals surface area contributed by atoms with Crippen molar-refractivity contribution in [3.05, 3.63) is 53.6 Å². The van der Waals surface area contributed by atoms with Crippen LogP contribution in [0.1, 0.15) is 59.4 Å². The Morgan fingerprint density at radius 2 is 1.79 bits per heavy atom. The van der Waals surface area contributed by atoms with Gasteiger partial charge in [-0.15, -0.1) is 0 Å². The first-order chi connectivity index (χ1) is 13.8. The lowest BCUT2D eigenvalue weighted by Gasteiger charge is -2.54. The fourth-order valence-electron chi connectivity index (χ4n) is 6.58. The summed E-state index contributed by atoms with van der Waals surface area (Å²) in [6, 6.07) is 10.0. The Morgan fingerprint density at radius 3 is 2.31 bits per heavy atom. The average Bonchev–Trinajstić information content (AvgIpc) is 2.98. The molecule has 6 atom stereocenters. The molecular formula is C26H34O3. The van der Waals surface area contributed by atoms with Crippen molar-refractivity contribution in [1.82, 2.24) is 0 Å². The summed E-state index contributed by atoms with van der Waals surface area (Å²) in [6.45, 7) is 10.2. The van der Waals surface area contributed by atoms with Crippen molar-refractivity contribution in [1.29, 1.82) is 0 Å². The summed E-state index contributed by atoms with van der Waals surface area (Å²) in [7, 11) is 0. The van der Waals surface area contributed by atoms with Gasteiger partial charge in [-0.2, -0.15) is 0 Å². The van der Waals surface area contributed by atoms with Crippen molar-refractivity contribution >= 4 is 17.8 Å². The van der Waals surface area contributed by atoms with Crippen LogP contribution in [0.4, 0.5) is 0 Å². The highest BCUT2D eigenvalue weighted by Crippen LogP contribution is 2.65. The van der Waals surface area contributed by atoms with E-state index in [0.717, 1.165) is 5.56 Å². The SMILES string of the molecule is CC[C@@H]1C(=O)[C@@H](C)[C@@H]2C(C)=C[C@@](C=Cc3ccccc3)(CC)[C@](CC)(C(=O)O)[C@H]21. The first-order valence-electron chi connectivity index (χ1n) is 11.0. The monoisotopic (exact) mass is 394 g/mol. The Labute approximate surface area is 174 Å². The van der Waals surface area contributed by atoms with Gasteiger partial charge in [0.05, 0.1) is 5.41 Å². The van der Waals surface area contributed by atoms with Gasteiger partial charge in [0.2, 0.25) is 0 Å². The van der Waals surface area contributed by atoms with E-state index in [0.29, 0.717) is 19.3 Å². The third-order valence-electron chi connectivity index (χ3n) is 7.92. The maximum atomic E-state index is 13.1. The van der Waals surface area contributed by atoms with Crippen LogP contribution in [0.25, 0.3) is 6.08 Å². The highest BCUT2D eigenvalue weighted by atomic mass is 16.4. The fraction of sp³-hybridized carbons (Fsp3) is 0.538. The summed E-state index contributed by atoms with van der Waals surface area (Å²) >= 11 is 0. The largest absolute Gasteiger partial charge is 0.481 e. The number of hydrogen-bond acceptors (Lipinski definition) is 2. The summed E-state index contributed by atoms with van der Waals surface area (Å²) in [5.74, 6) is -0.965. The molecule has 0 aliphatic heterocycles. The molecular weight excluding hydrogens is 360 g/mol. The van der Waals surface area contributed by atoms with E-state index in [9.17, 15) is 14.7 Å². The second-order valence-electron chi connectivity index (χ2n) is 8.91. The standard InChI is InChI=1S/C26H34O3/c1-6-20-22-21(18(5)23(20)27)17(4)16-25(7-2,26(22,8-3)24(28)29)15-14-19-12-10-9-11-13-19/h9-16,18,20-22H,6-8H2,1-5H3,(H,28,29)/t18-,20-,21-,22-,25-,26-/m0/s1. The lowest BCUT2D eigenvalue weighted by atomic mass is 9.47. The van der Waals surface area contributed by atoms with E-state index in [4.69, 9.17) is 0 Å². The predicted octanol–water partition coefficient (Wildman–Crippen LogP) is 6.01. The van der Waals surface area contributed by atoms with Crippen LogP contribution in [-0.4, -0.2) is 16.9 Å². The summed E-state index contributed by atoms with van der Waals surface area (Å²) in [4.78, 5) is 26.2. The summed E-state index contributed by atoms with van der Waals surface area (Å²) in [5.41, 5.74) is 0.633. The Hall–Kier alpha value is -2.16. The minimum Gasteiger partial charge on any atom is -0.481 e. The van der Waals surface area contributed by atoms with Gasteiger partial charge in [0.25, 0.3) is 0 Å². The van der Waals surface area contributed by atoms with Crippen molar-refractivity contribution in [3.63, 3.8) is 0 Å². The van der Waals surface area contributed by atoms with E-state index in [1.165, 1.54) is 5.57 Å². The van der Waals surface area contributed by atoms with Crippen molar-refractivity contribution < 1.29 is 14.7 Å². The van der Waals surface area contributed by atoms with Gasteiger partial charge in [-0.3, -0.25) is 9.59 Å². The van der Waals surface area contributed by atoms with Crippen LogP contribution in [0, 0.1) is 34.5 Å². The molecule has 0 heterocycles. The Bertz CT molecular complexity index is 837. The molecule has 0 bridgehead atoms. The molecule has 2 aliphatic rings. The number of allylic oxidation sites excluding steroid dienone is 3. The highest BCUT2D eigenvalue weighted by molar-refractivity contribution is 5.90. The van der Waals surface area contributed by atoms with E-state index >= 15 is 0 Å².